The third-order valence-electron chi connectivity index (χ3n) is 4.76. The Morgan fingerprint density at radius 2 is 1.86 bits per heavy atom. The third-order valence-corrected chi connectivity index (χ3v) is 4.76. The van der Waals surface area contributed by atoms with E-state index in [0.29, 0.717) is 30.0 Å². The van der Waals surface area contributed by atoms with Gasteiger partial charge in [-0.05, 0) is 37.1 Å². The van der Waals surface area contributed by atoms with E-state index in [0.717, 1.165) is 12.8 Å². The van der Waals surface area contributed by atoms with Crippen LogP contribution >= 0.6 is 0 Å². The normalized spacial score (nSPS) is 16.4. The minimum absolute atomic E-state index is 0.0497. The fourth-order valence-electron chi connectivity index (χ4n) is 3.21. The zero-order valence-electron chi connectivity index (χ0n) is 16.1. The molecule has 2 heterocycles. The molecule has 3 rings (SSSR count). The van der Waals surface area contributed by atoms with E-state index in [9.17, 15) is 14.4 Å². The second-order valence-corrected chi connectivity index (χ2v) is 7.08. The Labute approximate surface area is 164 Å². The van der Waals surface area contributed by atoms with Gasteiger partial charge in [-0.25, -0.2) is 4.98 Å². The summed E-state index contributed by atoms with van der Waals surface area (Å²) in [4.78, 5) is 44.5. The summed E-state index contributed by atoms with van der Waals surface area (Å²) in [5.41, 5.74) is 1.49. The summed E-state index contributed by atoms with van der Waals surface area (Å²) in [6.45, 7) is 1.05. The molecule has 1 aromatic carbocycles. The smallest absolute Gasteiger partial charge is 0.271 e. The lowest BCUT2D eigenvalue weighted by Gasteiger charge is -2.32. The molecule has 1 saturated heterocycles. The van der Waals surface area contributed by atoms with Crippen molar-refractivity contribution >= 4 is 23.4 Å². The Bertz CT molecular complexity index is 850. The number of anilines is 1. The Kier molecular flexibility index (Phi) is 6.03. The van der Waals surface area contributed by atoms with Gasteiger partial charge in [-0.15, -0.1) is 0 Å². The molecule has 28 heavy (non-hydrogen) atoms. The Morgan fingerprint density at radius 1 is 1.11 bits per heavy atom. The number of carbonyl (C=O) groups excluding carboxylic acids is 3. The van der Waals surface area contributed by atoms with Crippen LogP contribution in [0.25, 0.3) is 0 Å². The maximum absolute atomic E-state index is 12.6. The molecule has 1 unspecified atom stereocenters. The fourth-order valence-corrected chi connectivity index (χ4v) is 3.21. The minimum Gasteiger partial charge on any atom is -0.343 e. The van der Waals surface area contributed by atoms with Gasteiger partial charge in [-0.2, -0.15) is 0 Å². The molecule has 7 nitrogen and oxygen atoms in total. The number of aromatic nitrogens is 1. The van der Waals surface area contributed by atoms with Crippen LogP contribution in [0, 0.1) is 5.92 Å². The van der Waals surface area contributed by atoms with Gasteiger partial charge in [0.15, 0.2) is 0 Å². The van der Waals surface area contributed by atoms with Crippen molar-refractivity contribution in [2.75, 3.05) is 32.5 Å². The van der Waals surface area contributed by atoms with E-state index in [-0.39, 0.29) is 23.6 Å². The van der Waals surface area contributed by atoms with E-state index >= 15 is 0 Å². The van der Waals surface area contributed by atoms with Crippen molar-refractivity contribution in [1.82, 2.24) is 14.8 Å². The summed E-state index contributed by atoms with van der Waals surface area (Å²) in [6.07, 6.45) is 2.99. The van der Waals surface area contributed by atoms with Crippen LogP contribution < -0.4 is 5.32 Å². The van der Waals surface area contributed by atoms with Crippen LogP contribution in [-0.2, 0) is 4.79 Å². The zero-order valence-corrected chi connectivity index (χ0v) is 16.1. The number of benzene rings is 1. The van der Waals surface area contributed by atoms with E-state index in [4.69, 9.17) is 0 Å². The van der Waals surface area contributed by atoms with Crippen LogP contribution in [-0.4, -0.2) is 59.7 Å². The van der Waals surface area contributed by atoms with Crippen molar-refractivity contribution in [3.05, 3.63) is 59.9 Å². The molecule has 2 aromatic rings. The number of pyridine rings is 1. The lowest BCUT2D eigenvalue weighted by Crippen LogP contribution is -2.43. The van der Waals surface area contributed by atoms with Crippen molar-refractivity contribution in [3.63, 3.8) is 0 Å². The molecule has 1 atom stereocenters. The summed E-state index contributed by atoms with van der Waals surface area (Å²) in [5, 5.41) is 2.84. The van der Waals surface area contributed by atoms with Crippen molar-refractivity contribution < 1.29 is 14.4 Å². The number of piperidine rings is 1. The number of likely N-dealkylation sites (tertiary alicyclic amines) is 1. The molecule has 1 N–H and O–H groups in total. The van der Waals surface area contributed by atoms with Gasteiger partial charge >= 0.3 is 0 Å². The third kappa shape index (κ3) is 4.54. The number of amides is 3. The van der Waals surface area contributed by atoms with Crippen LogP contribution in [0.15, 0.2) is 48.7 Å². The van der Waals surface area contributed by atoms with E-state index in [1.165, 1.54) is 11.1 Å². The predicted molar refractivity (Wildman–Crippen MR) is 106 cm³/mol. The van der Waals surface area contributed by atoms with Crippen molar-refractivity contribution in [2.45, 2.75) is 12.8 Å². The summed E-state index contributed by atoms with van der Waals surface area (Å²) < 4.78 is 0. The van der Waals surface area contributed by atoms with E-state index in [2.05, 4.69) is 10.3 Å². The zero-order chi connectivity index (χ0) is 20.1. The molecule has 0 radical (unpaired) electrons. The van der Waals surface area contributed by atoms with E-state index in [1.807, 2.05) is 18.2 Å². The molecule has 7 heteroatoms. The van der Waals surface area contributed by atoms with Crippen LogP contribution in [0.5, 0.6) is 0 Å². The van der Waals surface area contributed by atoms with Gasteiger partial charge in [0.25, 0.3) is 11.8 Å². The molecule has 1 aliphatic rings. The van der Waals surface area contributed by atoms with Gasteiger partial charge < -0.3 is 15.1 Å². The molecule has 1 aliphatic heterocycles. The average molecular weight is 380 g/mol. The molecule has 1 fully saturated rings. The number of rotatable bonds is 4. The van der Waals surface area contributed by atoms with E-state index < -0.39 is 0 Å². The molecule has 0 bridgehead atoms. The molecule has 1 aromatic heterocycles. The highest BCUT2D eigenvalue weighted by Crippen LogP contribution is 2.20. The van der Waals surface area contributed by atoms with Gasteiger partial charge in [0.2, 0.25) is 5.91 Å². The minimum atomic E-state index is -0.274. The Balaban J connectivity index is 1.61. The van der Waals surface area contributed by atoms with Crippen molar-refractivity contribution in [2.24, 2.45) is 5.92 Å². The lowest BCUT2D eigenvalue weighted by molar-refractivity contribution is -0.121. The number of nitrogens with one attached hydrogen (secondary N) is 1. The molecule has 3 amide bonds. The molecular formula is C21H24N4O3. The monoisotopic (exact) mass is 380 g/mol. The maximum Gasteiger partial charge on any atom is 0.271 e. The Morgan fingerprint density at radius 3 is 2.50 bits per heavy atom. The highest BCUT2D eigenvalue weighted by molar-refractivity contribution is 5.96. The summed E-state index contributed by atoms with van der Waals surface area (Å²) >= 11 is 0. The summed E-state index contributed by atoms with van der Waals surface area (Å²) in [6, 6.07) is 12.4. The van der Waals surface area contributed by atoms with Gasteiger partial charge in [0.05, 0.1) is 17.8 Å². The molecule has 146 valence electrons. The second-order valence-electron chi connectivity index (χ2n) is 7.08. The van der Waals surface area contributed by atoms with Gasteiger partial charge in [-0.3, -0.25) is 14.4 Å². The highest BCUT2D eigenvalue weighted by Gasteiger charge is 2.29. The number of hydrogen-bond acceptors (Lipinski definition) is 4. The van der Waals surface area contributed by atoms with Crippen LogP contribution in [0.4, 0.5) is 5.69 Å². The molecular weight excluding hydrogens is 356 g/mol. The largest absolute Gasteiger partial charge is 0.343 e. The topological polar surface area (TPSA) is 82.6 Å². The first-order valence-corrected chi connectivity index (χ1v) is 9.28. The quantitative estimate of drug-likeness (QED) is 0.882. The highest BCUT2D eigenvalue weighted by atomic mass is 16.2. The van der Waals surface area contributed by atoms with Crippen LogP contribution in [0.3, 0.4) is 0 Å². The van der Waals surface area contributed by atoms with Gasteiger partial charge in [0, 0.05) is 32.7 Å². The average Bonchev–Trinajstić information content (AvgIpc) is 2.74. The van der Waals surface area contributed by atoms with Gasteiger partial charge in [-0.1, -0.05) is 18.2 Å². The lowest BCUT2D eigenvalue weighted by atomic mass is 9.96. The fraction of sp³-hybridized carbons (Fsp3) is 0.333. The molecule has 0 spiro atoms. The molecule has 0 aliphatic carbocycles. The first kappa shape index (κ1) is 19.5. The first-order valence-electron chi connectivity index (χ1n) is 9.28. The van der Waals surface area contributed by atoms with E-state index in [1.54, 1.807) is 43.3 Å². The van der Waals surface area contributed by atoms with Crippen LogP contribution in [0.2, 0.25) is 0 Å². The Hall–Kier alpha value is -3.22. The predicted octanol–water partition coefficient (Wildman–Crippen LogP) is 2.27. The SMILES string of the molecule is CN(C)C(=O)c1ccc(NC(=O)C2CCCN(C(=O)c3ccccc3)C2)cn1. The molecule has 0 saturated carbocycles. The second kappa shape index (κ2) is 8.65. The first-order chi connectivity index (χ1) is 13.5. The number of carbonyl (C=O) groups is 3. The summed E-state index contributed by atoms with van der Waals surface area (Å²) in [5.74, 6) is -0.657. The standard InChI is InChI=1S/C21H24N4O3/c1-24(2)21(28)18-11-10-17(13-22-18)23-19(26)16-9-6-12-25(14-16)20(27)15-7-4-3-5-8-15/h3-5,7-8,10-11,13,16H,6,9,12,14H2,1-2H3,(H,23,26). The van der Waals surface area contributed by atoms with Gasteiger partial charge in [0.1, 0.15) is 5.69 Å². The number of hydrogen-bond donors (Lipinski definition) is 1. The summed E-state index contributed by atoms with van der Waals surface area (Å²) in [7, 11) is 3.32. The van der Waals surface area contributed by atoms with Crippen molar-refractivity contribution in [3.8, 4) is 0 Å². The van der Waals surface area contributed by atoms with Crippen molar-refractivity contribution in [1.29, 1.82) is 0 Å². The number of nitrogens with zero attached hydrogens (tertiary/aromatic N) is 3. The van der Waals surface area contributed by atoms with Crippen LogP contribution in [0.1, 0.15) is 33.7 Å². The maximum atomic E-state index is 12.6.